The lowest BCUT2D eigenvalue weighted by molar-refractivity contribution is -0.167. The number of ether oxygens (including phenoxy) is 3. The van der Waals surface area contributed by atoms with Crippen LogP contribution in [0.1, 0.15) is 258 Å². The molecule has 0 bridgehead atoms. The van der Waals surface area contributed by atoms with E-state index in [2.05, 4.69) is 106 Å². The van der Waals surface area contributed by atoms with E-state index in [0.29, 0.717) is 19.3 Å². The van der Waals surface area contributed by atoms with Gasteiger partial charge in [-0.3, -0.25) is 14.4 Å². The van der Waals surface area contributed by atoms with E-state index in [0.717, 1.165) is 116 Å². The van der Waals surface area contributed by atoms with Gasteiger partial charge in [0.1, 0.15) is 13.2 Å². The van der Waals surface area contributed by atoms with E-state index < -0.39 is 6.10 Å². The Morgan fingerprint density at radius 3 is 1.05 bits per heavy atom. The van der Waals surface area contributed by atoms with Crippen LogP contribution in [0, 0.1) is 0 Å². The highest BCUT2D eigenvalue weighted by atomic mass is 16.6. The molecule has 0 aromatic heterocycles. The summed E-state index contributed by atoms with van der Waals surface area (Å²) in [6, 6.07) is 0. The zero-order valence-corrected chi connectivity index (χ0v) is 43.2. The smallest absolute Gasteiger partial charge is 0.306 e. The van der Waals surface area contributed by atoms with Gasteiger partial charge in [0.2, 0.25) is 0 Å². The fourth-order valence-electron chi connectivity index (χ4n) is 7.50. The van der Waals surface area contributed by atoms with Gasteiger partial charge in [-0.15, -0.1) is 0 Å². The van der Waals surface area contributed by atoms with Gasteiger partial charge >= 0.3 is 17.9 Å². The van der Waals surface area contributed by atoms with Crippen LogP contribution < -0.4 is 0 Å². The quantitative estimate of drug-likeness (QED) is 0.0199. The third-order valence-corrected chi connectivity index (χ3v) is 11.7. The Labute approximate surface area is 407 Å². The summed E-state index contributed by atoms with van der Waals surface area (Å²) in [5.74, 6) is -0.971. The topological polar surface area (TPSA) is 78.9 Å². The minimum Gasteiger partial charge on any atom is -0.462 e. The van der Waals surface area contributed by atoms with E-state index in [4.69, 9.17) is 14.2 Å². The van der Waals surface area contributed by atoms with Crippen molar-refractivity contribution in [1.82, 2.24) is 0 Å². The average Bonchev–Trinajstić information content (AvgIpc) is 3.31. The summed E-state index contributed by atoms with van der Waals surface area (Å²) in [7, 11) is 0. The molecule has 0 heterocycles. The Morgan fingerprint density at radius 2 is 0.636 bits per heavy atom. The van der Waals surface area contributed by atoms with Crippen LogP contribution >= 0.6 is 0 Å². The number of unbranched alkanes of at least 4 members (excludes halogenated alkanes) is 26. The van der Waals surface area contributed by atoms with Gasteiger partial charge in [-0.05, 0) is 103 Å². The lowest BCUT2D eigenvalue weighted by Crippen LogP contribution is -2.30. The molecule has 0 aromatic carbocycles. The van der Waals surface area contributed by atoms with Crippen molar-refractivity contribution in [3.63, 3.8) is 0 Å². The van der Waals surface area contributed by atoms with Gasteiger partial charge in [0.05, 0.1) is 0 Å². The van der Waals surface area contributed by atoms with Crippen molar-refractivity contribution in [2.45, 2.75) is 264 Å². The van der Waals surface area contributed by atoms with Crippen molar-refractivity contribution >= 4 is 17.9 Å². The fraction of sp³-hybridized carbons (Fsp3) is 0.717. The van der Waals surface area contributed by atoms with Crippen LogP contribution in [-0.2, 0) is 28.6 Å². The number of carbonyl (C=O) groups excluding carboxylic acids is 3. The lowest BCUT2D eigenvalue weighted by Gasteiger charge is -2.18. The minimum absolute atomic E-state index is 0.104. The molecule has 0 saturated carbocycles. The standard InChI is InChI=1S/C60H102O6/c1-4-7-10-13-16-19-22-25-27-29-31-33-35-38-41-44-47-50-53-59(62)65-56-57(55-64-58(61)52-49-46-43-40-37-24-21-18-15-12-9-6-3)66-60(63)54-51-48-45-42-39-36-34-32-30-28-26-23-20-17-14-11-8-5-2/h9,12,18,21,27-34,37,40,57H,4-8,10-11,13-17,19-20,22-26,35-36,38-39,41-56H2,1-3H3/b12-9-,21-18-,29-27-,30-28-,33-31-,34-32-,40-37-. The maximum absolute atomic E-state index is 12.8. The summed E-state index contributed by atoms with van der Waals surface area (Å²) in [4.78, 5) is 38.0. The first-order chi connectivity index (χ1) is 32.5. The van der Waals surface area contributed by atoms with Gasteiger partial charge < -0.3 is 14.2 Å². The van der Waals surface area contributed by atoms with Gasteiger partial charge in [-0.2, -0.15) is 0 Å². The summed E-state index contributed by atoms with van der Waals surface area (Å²) < 4.78 is 16.8. The second kappa shape index (κ2) is 54.2. The van der Waals surface area contributed by atoms with E-state index in [1.54, 1.807) is 0 Å². The molecule has 0 aromatic rings. The van der Waals surface area contributed by atoms with Gasteiger partial charge in [-0.25, -0.2) is 0 Å². The molecular weight excluding hydrogens is 817 g/mol. The monoisotopic (exact) mass is 919 g/mol. The molecule has 0 aliphatic heterocycles. The Hall–Kier alpha value is -3.41. The molecule has 0 aliphatic carbocycles. The van der Waals surface area contributed by atoms with Crippen LogP contribution in [0.25, 0.3) is 0 Å². The molecule has 0 fully saturated rings. The van der Waals surface area contributed by atoms with Crippen LogP contribution in [-0.4, -0.2) is 37.2 Å². The number of hydrogen-bond acceptors (Lipinski definition) is 6. The Morgan fingerprint density at radius 1 is 0.333 bits per heavy atom. The first-order valence-corrected chi connectivity index (χ1v) is 27.6. The zero-order chi connectivity index (χ0) is 47.9. The molecule has 1 unspecified atom stereocenters. The van der Waals surface area contributed by atoms with Gasteiger partial charge in [-0.1, -0.05) is 221 Å². The van der Waals surface area contributed by atoms with Gasteiger partial charge in [0.25, 0.3) is 0 Å². The Kier molecular flexibility index (Phi) is 51.4. The molecule has 0 amide bonds. The molecule has 0 saturated heterocycles. The molecule has 0 aliphatic rings. The summed E-state index contributed by atoms with van der Waals surface area (Å²) in [5.41, 5.74) is 0. The van der Waals surface area contributed by atoms with Crippen molar-refractivity contribution in [1.29, 1.82) is 0 Å². The predicted molar refractivity (Wildman–Crippen MR) is 284 cm³/mol. The maximum Gasteiger partial charge on any atom is 0.306 e. The van der Waals surface area contributed by atoms with E-state index in [-0.39, 0.29) is 31.1 Å². The first kappa shape index (κ1) is 62.6. The molecule has 1 atom stereocenters. The summed E-state index contributed by atoms with van der Waals surface area (Å²) in [6.45, 7) is 6.46. The molecule has 378 valence electrons. The number of allylic oxidation sites excluding steroid dienone is 14. The summed E-state index contributed by atoms with van der Waals surface area (Å²) in [6.07, 6.45) is 70.0. The summed E-state index contributed by atoms with van der Waals surface area (Å²) >= 11 is 0. The normalized spacial score (nSPS) is 12.7. The number of esters is 3. The van der Waals surface area contributed by atoms with Crippen molar-refractivity contribution in [2.24, 2.45) is 0 Å². The summed E-state index contributed by atoms with van der Waals surface area (Å²) in [5, 5.41) is 0. The van der Waals surface area contributed by atoms with E-state index in [1.807, 2.05) is 0 Å². The van der Waals surface area contributed by atoms with Crippen molar-refractivity contribution < 1.29 is 28.6 Å². The third-order valence-electron chi connectivity index (χ3n) is 11.7. The molecule has 6 heteroatoms. The van der Waals surface area contributed by atoms with Crippen molar-refractivity contribution in [3.05, 3.63) is 85.1 Å². The number of rotatable bonds is 49. The van der Waals surface area contributed by atoms with Crippen LogP contribution in [0.15, 0.2) is 85.1 Å². The maximum atomic E-state index is 12.8. The van der Waals surface area contributed by atoms with Gasteiger partial charge in [0, 0.05) is 19.3 Å². The molecule has 66 heavy (non-hydrogen) atoms. The molecule has 0 rings (SSSR count). The average molecular weight is 919 g/mol. The molecule has 0 N–H and O–H groups in total. The predicted octanol–water partition coefficient (Wildman–Crippen LogP) is 18.4. The molecule has 0 radical (unpaired) electrons. The Balaban J connectivity index is 4.46. The highest BCUT2D eigenvalue weighted by molar-refractivity contribution is 5.71. The van der Waals surface area contributed by atoms with Crippen LogP contribution in [0.5, 0.6) is 0 Å². The molecule has 0 spiro atoms. The first-order valence-electron chi connectivity index (χ1n) is 27.6. The second-order valence-corrected chi connectivity index (χ2v) is 18.2. The minimum atomic E-state index is -0.807. The van der Waals surface area contributed by atoms with Crippen molar-refractivity contribution in [3.8, 4) is 0 Å². The van der Waals surface area contributed by atoms with E-state index >= 15 is 0 Å². The fourth-order valence-corrected chi connectivity index (χ4v) is 7.50. The second-order valence-electron chi connectivity index (χ2n) is 18.2. The molecule has 6 nitrogen and oxygen atoms in total. The lowest BCUT2D eigenvalue weighted by atomic mass is 10.1. The van der Waals surface area contributed by atoms with Crippen LogP contribution in [0.2, 0.25) is 0 Å². The van der Waals surface area contributed by atoms with Crippen molar-refractivity contribution in [2.75, 3.05) is 13.2 Å². The van der Waals surface area contributed by atoms with Crippen LogP contribution in [0.4, 0.5) is 0 Å². The highest BCUT2D eigenvalue weighted by Crippen LogP contribution is 2.14. The van der Waals surface area contributed by atoms with E-state index in [1.165, 1.54) is 103 Å². The highest BCUT2D eigenvalue weighted by Gasteiger charge is 2.19. The Bertz CT molecular complexity index is 1290. The van der Waals surface area contributed by atoms with E-state index in [9.17, 15) is 14.4 Å². The third kappa shape index (κ3) is 51.6. The number of hydrogen-bond donors (Lipinski definition) is 0. The number of carbonyl (C=O) groups is 3. The SMILES string of the molecule is CC/C=C\C/C=C\C/C=C\CCCCC(=O)OCC(COC(=O)CCCCCCC/C=C\C=C/CCCCCCCCC)OC(=O)CCCCCCC/C=C\C=C/CCCCCCCCC. The van der Waals surface area contributed by atoms with Crippen LogP contribution in [0.3, 0.4) is 0 Å². The zero-order valence-electron chi connectivity index (χ0n) is 43.2. The molecular formula is C60H102O6. The largest absolute Gasteiger partial charge is 0.462 e. The van der Waals surface area contributed by atoms with Gasteiger partial charge in [0.15, 0.2) is 6.10 Å².